The molecule has 1 rings (SSSR count). The number of alkyl halides is 3. The van der Waals surface area contributed by atoms with E-state index in [1.165, 1.54) is 6.07 Å². The highest BCUT2D eigenvalue weighted by Gasteiger charge is 2.31. The van der Waals surface area contributed by atoms with Gasteiger partial charge < -0.3 is 0 Å². The molecule has 0 atom stereocenters. The lowest BCUT2D eigenvalue weighted by Gasteiger charge is -2.11. The topological polar surface area (TPSA) is 34.1 Å². The molecule has 1 aromatic rings. The summed E-state index contributed by atoms with van der Waals surface area (Å²) >= 11 is 0. The van der Waals surface area contributed by atoms with Crippen molar-refractivity contribution in [2.75, 3.05) is 6.26 Å². The summed E-state index contributed by atoms with van der Waals surface area (Å²) in [7, 11) is -3.63. The maximum absolute atomic E-state index is 12.4. The van der Waals surface area contributed by atoms with Gasteiger partial charge in [-0.2, -0.15) is 13.2 Å². The molecule has 1 aromatic carbocycles. The van der Waals surface area contributed by atoms with Crippen LogP contribution < -0.4 is 0 Å². The minimum Gasteiger partial charge on any atom is -0.224 e. The summed E-state index contributed by atoms with van der Waals surface area (Å²) in [5.74, 6) is 0. The van der Waals surface area contributed by atoms with Crippen molar-refractivity contribution in [3.8, 4) is 0 Å². The second kappa shape index (κ2) is 4.08. The van der Waals surface area contributed by atoms with Gasteiger partial charge in [0, 0.05) is 6.26 Å². The lowest BCUT2D eigenvalue weighted by Crippen LogP contribution is -2.09. The minimum absolute atomic E-state index is 0.246. The summed E-state index contributed by atoms with van der Waals surface area (Å²) in [4.78, 5) is -0.246. The van der Waals surface area contributed by atoms with Crippen molar-refractivity contribution in [2.24, 2.45) is 0 Å². The fourth-order valence-corrected chi connectivity index (χ4v) is 2.40. The monoisotopic (exact) mass is 252 g/mol. The van der Waals surface area contributed by atoms with Gasteiger partial charge in [0.05, 0.1) is 10.5 Å². The molecule has 0 amide bonds. The van der Waals surface area contributed by atoms with Gasteiger partial charge in [0.1, 0.15) is 0 Å². The second-order valence-corrected chi connectivity index (χ2v) is 5.43. The van der Waals surface area contributed by atoms with Gasteiger partial charge in [-0.3, -0.25) is 0 Å². The molecule has 0 radical (unpaired) electrons. The molecule has 6 heteroatoms. The summed E-state index contributed by atoms with van der Waals surface area (Å²) in [6.07, 6.45) is -3.24. The molecule has 0 saturated carbocycles. The average Bonchev–Trinajstić information content (AvgIpc) is 2.14. The summed E-state index contributed by atoms with van der Waals surface area (Å²) in [6, 6.07) is 2.79. The molecule has 90 valence electrons. The van der Waals surface area contributed by atoms with E-state index in [4.69, 9.17) is 0 Å². The first kappa shape index (κ1) is 13.0. The number of aryl methyl sites for hydroxylation is 1. The molecule has 0 aromatic heterocycles. The lowest BCUT2D eigenvalue weighted by molar-refractivity contribution is -0.137. The van der Waals surface area contributed by atoms with E-state index in [9.17, 15) is 21.6 Å². The van der Waals surface area contributed by atoms with Crippen LogP contribution in [0.15, 0.2) is 23.1 Å². The van der Waals surface area contributed by atoms with Gasteiger partial charge in [-0.05, 0) is 24.1 Å². The molecule has 0 aliphatic heterocycles. The third kappa shape index (κ3) is 2.75. The Balaban J connectivity index is 3.46. The number of sulfone groups is 1. The molecular weight excluding hydrogens is 241 g/mol. The first-order valence-electron chi connectivity index (χ1n) is 4.56. The van der Waals surface area contributed by atoms with Gasteiger partial charge >= 0.3 is 6.18 Å². The first-order chi connectivity index (χ1) is 7.16. The fraction of sp³-hybridized carbons (Fsp3) is 0.400. The largest absolute Gasteiger partial charge is 0.416 e. The summed E-state index contributed by atoms with van der Waals surface area (Å²) in [5.41, 5.74) is -0.541. The van der Waals surface area contributed by atoms with Crippen molar-refractivity contribution in [2.45, 2.75) is 24.4 Å². The Morgan fingerprint density at radius 2 is 1.81 bits per heavy atom. The highest BCUT2D eigenvalue weighted by Crippen LogP contribution is 2.31. The Bertz CT molecular complexity index is 489. The van der Waals surface area contributed by atoms with Gasteiger partial charge in [0.2, 0.25) is 0 Å². The molecule has 16 heavy (non-hydrogen) atoms. The number of halogens is 3. The van der Waals surface area contributed by atoms with Crippen molar-refractivity contribution < 1.29 is 21.6 Å². The van der Waals surface area contributed by atoms with Gasteiger partial charge in [-0.15, -0.1) is 0 Å². The van der Waals surface area contributed by atoms with Crippen LogP contribution in [0.4, 0.5) is 13.2 Å². The van der Waals surface area contributed by atoms with Crippen molar-refractivity contribution >= 4 is 9.84 Å². The zero-order valence-corrected chi connectivity index (χ0v) is 9.61. The molecule has 0 spiro atoms. The van der Waals surface area contributed by atoms with Gasteiger partial charge in [-0.25, -0.2) is 8.42 Å². The molecule has 0 heterocycles. The van der Waals surface area contributed by atoms with Gasteiger partial charge in [-0.1, -0.05) is 13.0 Å². The Hall–Kier alpha value is -1.04. The molecule has 0 unspecified atom stereocenters. The van der Waals surface area contributed by atoms with Crippen LogP contribution >= 0.6 is 0 Å². The van der Waals surface area contributed by atoms with E-state index in [1.807, 2.05) is 0 Å². The molecule has 2 nitrogen and oxygen atoms in total. The van der Waals surface area contributed by atoms with Gasteiger partial charge in [0.25, 0.3) is 0 Å². The van der Waals surface area contributed by atoms with Crippen molar-refractivity contribution in [3.63, 3.8) is 0 Å². The molecule has 0 fully saturated rings. The zero-order valence-electron chi connectivity index (χ0n) is 8.80. The predicted octanol–water partition coefficient (Wildman–Crippen LogP) is 2.67. The van der Waals surface area contributed by atoms with Crippen LogP contribution in [0.5, 0.6) is 0 Å². The summed E-state index contributed by atoms with van der Waals surface area (Å²) in [6.45, 7) is 1.69. The van der Waals surface area contributed by atoms with Crippen LogP contribution in [-0.4, -0.2) is 14.7 Å². The Kier molecular flexibility index (Phi) is 3.33. The first-order valence-corrected chi connectivity index (χ1v) is 6.45. The fourth-order valence-electron chi connectivity index (χ4n) is 1.37. The molecule has 0 bridgehead atoms. The quantitative estimate of drug-likeness (QED) is 0.811. The maximum atomic E-state index is 12.4. The molecule has 0 aliphatic rings. The van der Waals surface area contributed by atoms with Crippen molar-refractivity contribution in [3.05, 3.63) is 29.3 Å². The average molecular weight is 252 g/mol. The maximum Gasteiger partial charge on any atom is 0.416 e. The van der Waals surface area contributed by atoms with E-state index in [-0.39, 0.29) is 4.90 Å². The highest BCUT2D eigenvalue weighted by molar-refractivity contribution is 7.90. The minimum atomic E-state index is -4.52. The van der Waals surface area contributed by atoms with Crippen molar-refractivity contribution in [1.82, 2.24) is 0 Å². The third-order valence-electron chi connectivity index (χ3n) is 2.17. The van der Waals surface area contributed by atoms with Crippen molar-refractivity contribution in [1.29, 1.82) is 0 Å². The van der Waals surface area contributed by atoms with Crippen LogP contribution in [0.1, 0.15) is 18.1 Å². The van der Waals surface area contributed by atoms with Crippen LogP contribution in [0, 0.1) is 0 Å². The summed E-state index contributed by atoms with van der Waals surface area (Å²) in [5, 5.41) is 0. The Morgan fingerprint density at radius 1 is 1.25 bits per heavy atom. The number of hydrogen-bond donors (Lipinski definition) is 0. The summed E-state index contributed by atoms with van der Waals surface area (Å²) < 4.78 is 59.8. The standard InChI is InChI=1S/C10H11F3O2S/c1-3-7-4-5-8(10(11,12)13)6-9(7)16(2,14)15/h4-6H,3H2,1-2H3. The van der Waals surface area contributed by atoms with Crippen LogP contribution in [0.25, 0.3) is 0 Å². The lowest BCUT2D eigenvalue weighted by atomic mass is 10.1. The van der Waals surface area contributed by atoms with Crippen LogP contribution in [-0.2, 0) is 22.4 Å². The van der Waals surface area contributed by atoms with E-state index in [2.05, 4.69) is 0 Å². The molecular formula is C10H11F3O2S. The zero-order chi connectivity index (χ0) is 12.6. The third-order valence-corrected chi connectivity index (χ3v) is 3.35. The number of rotatable bonds is 2. The molecule has 0 aliphatic carbocycles. The highest BCUT2D eigenvalue weighted by atomic mass is 32.2. The molecule has 0 N–H and O–H groups in total. The van der Waals surface area contributed by atoms with E-state index < -0.39 is 21.6 Å². The Morgan fingerprint density at radius 3 is 2.19 bits per heavy atom. The van der Waals surface area contributed by atoms with E-state index in [0.29, 0.717) is 18.1 Å². The second-order valence-electron chi connectivity index (χ2n) is 3.45. The smallest absolute Gasteiger partial charge is 0.224 e. The van der Waals surface area contributed by atoms with Crippen LogP contribution in [0.3, 0.4) is 0 Å². The SMILES string of the molecule is CCc1ccc(C(F)(F)F)cc1S(C)(=O)=O. The normalized spacial score (nSPS) is 12.8. The number of hydrogen-bond acceptors (Lipinski definition) is 2. The molecule has 0 saturated heterocycles. The van der Waals surface area contributed by atoms with E-state index in [0.717, 1.165) is 12.3 Å². The van der Waals surface area contributed by atoms with Gasteiger partial charge in [0.15, 0.2) is 9.84 Å². The number of benzene rings is 1. The Labute approximate surface area is 92.0 Å². The van der Waals surface area contributed by atoms with E-state index in [1.54, 1.807) is 6.92 Å². The van der Waals surface area contributed by atoms with Crippen LogP contribution in [0.2, 0.25) is 0 Å². The van der Waals surface area contributed by atoms with E-state index >= 15 is 0 Å². The predicted molar refractivity (Wildman–Crippen MR) is 53.9 cm³/mol.